The molecule has 0 bridgehead atoms. The van der Waals surface area contributed by atoms with Crippen molar-refractivity contribution in [1.82, 2.24) is 4.90 Å². The van der Waals surface area contributed by atoms with Crippen molar-refractivity contribution < 1.29 is 22.7 Å². The fourth-order valence-electron chi connectivity index (χ4n) is 4.53. The number of carbonyl (C=O) groups is 1. The molecule has 5 rings (SSSR count). The van der Waals surface area contributed by atoms with E-state index < -0.39 is 23.9 Å². The zero-order chi connectivity index (χ0) is 23.3. The number of hydrogen-bond acceptors (Lipinski definition) is 4. The summed E-state index contributed by atoms with van der Waals surface area (Å²) in [7, 11) is 1.54. The largest absolute Gasteiger partial charge is 0.435 e. The van der Waals surface area contributed by atoms with Gasteiger partial charge >= 0.3 is 6.61 Å². The van der Waals surface area contributed by atoms with Crippen LogP contribution in [-0.4, -0.2) is 30.4 Å². The van der Waals surface area contributed by atoms with E-state index in [2.05, 4.69) is 16.8 Å². The Hall–Kier alpha value is -3.21. The molecule has 2 N–H and O–H groups in total. The van der Waals surface area contributed by atoms with Gasteiger partial charge in [0.2, 0.25) is 0 Å². The lowest BCUT2D eigenvalue weighted by atomic mass is 9.73. The van der Waals surface area contributed by atoms with Gasteiger partial charge in [-0.3, -0.25) is 9.69 Å². The van der Waals surface area contributed by atoms with Gasteiger partial charge in [-0.2, -0.15) is 8.78 Å². The van der Waals surface area contributed by atoms with Crippen molar-refractivity contribution in [3.8, 4) is 11.8 Å². The number of amides is 1. The zero-order valence-electron chi connectivity index (χ0n) is 18.2. The number of ether oxygens (including phenoxy) is 1. The number of likely N-dealkylation sites (N-methyl/N-ethyl adjacent to an activating group) is 1. The Labute approximate surface area is 190 Å². The van der Waals surface area contributed by atoms with E-state index in [0.717, 1.165) is 25.7 Å². The summed E-state index contributed by atoms with van der Waals surface area (Å²) in [5, 5.41) is 0. The number of allylic oxidation sites excluding steroid dienone is 2. The van der Waals surface area contributed by atoms with Crippen LogP contribution in [0.1, 0.15) is 43.2 Å². The Kier molecular flexibility index (Phi) is 5.23. The van der Waals surface area contributed by atoms with Gasteiger partial charge in [-0.25, -0.2) is 9.38 Å². The van der Waals surface area contributed by atoms with Crippen LogP contribution in [0, 0.1) is 35.4 Å². The highest BCUT2D eigenvalue weighted by Crippen LogP contribution is 2.49. The SMILES string of the molecule is CN1C(=O)[C@](c2ccc(F)c(C#CC3CC3)c2)(C2C=C(C3CC3)C(OC(F)F)=CC2)N=C1N. The van der Waals surface area contributed by atoms with Crippen LogP contribution in [0.3, 0.4) is 0 Å². The minimum atomic E-state index is -2.93. The standard InChI is InChI=1S/C25H24F3N3O2/c1-31-22(32)25(30-24(31)29,17-8-10-20(26)16(12-17)5-4-14-2-3-14)18-9-11-21(33-23(27)28)19(13-18)15-6-7-15/h8,10-15,18,23H,2-3,6-7,9H2,1H3,(H2,29,30)/t18?,25-/m0/s1. The maximum absolute atomic E-state index is 14.5. The number of carbonyl (C=O) groups excluding carboxylic acids is 1. The van der Waals surface area contributed by atoms with Gasteiger partial charge in [-0.05, 0) is 67.4 Å². The maximum Gasteiger partial charge on any atom is 0.387 e. The predicted molar refractivity (Wildman–Crippen MR) is 116 cm³/mol. The number of guanidine groups is 1. The summed E-state index contributed by atoms with van der Waals surface area (Å²) in [6.07, 6.45) is 7.42. The van der Waals surface area contributed by atoms with Crippen LogP contribution in [0.15, 0.2) is 46.7 Å². The molecule has 5 nitrogen and oxygen atoms in total. The number of benzene rings is 1. The Bertz CT molecular complexity index is 1160. The second kappa shape index (κ2) is 7.98. The van der Waals surface area contributed by atoms with Crippen molar-refractivity contribution in [2.75, 3.05) is 7.05 Å². The minimum Gasteiger partial charge on any atom is -0.435 e. The van der Waals surface area contributed by atoms with Gasteiger partial charge in [-0.15, -0.1) is 0 Å². The molecule has 1 unspecified atom stereocenters. The van der Waals surface area contributed by atoms with E-state index in [4.69, 9.17) is 10.5 Å². The first kappa shape index (κ1) is 21.6. The lowest BCUT2D eigenvalue weighted by Gasteiger charge is -2.34. The van der Waals surface area contributed by atoms with Gasteiger partial charge in [0.15, 0.2) is 11.5 Å². The number of rotatable bonds is 5. The molecule has 0 aromatic heterocycles. The molecule has 1 aliphatic heterocycles. The van der Waals surface area contributed by atoms with E-state index >= 15 is 0 Å². The summed E-state index contributed by atoms with van der Waals surface area (Å²) in [6.45, 7) is -2.93. The Morgan fingerprint density at radius 3 is 2.64 bits per heavy atom. The van der Waals surface area contributed by atoms with Gasteiger partial charge in [0.05, 0.1) is 5.56 Å². The van der Waals surface area contributed by atoms with E-state index in [-0.39, 0.29) is 41.4 Å². The van der Waals surface area contributed by atoms with Crippen LogP contribution in [0.25, 0.3) is 0 Å². The summed E-state index contributed by atoms with van der Waals surface area (Å²) < 4.78 is 45.2. The Morgan fingerprint density at radius 2 is 2.03 bits per heavy atom. The van der Waals surface area contributed by atoms with Crippen LogP contribution in [0.2, 0.25) is 0 Å². The van der Waals surface area contributed by atoms with Crippen LogP contribution in [0.5, 0.6) is 0 Å². The number of alkyl halides is 2. The molecule has 2 saturated carbocycles. The monoisotopic (exact) mass is 455 g/mol. The highest BCUT2D eigenvalue weighted by molar-refractivity contribution is 6.07. The summed E-state index contributed by atoms with van der Waals surface area (Å²) in [4.78, 5) is 19.4. The minimum absolute atomic E-state index is 0.0509. The molecule has 172 valence electrons. The number of hydrogen-bond donors (Lipinski definition) is 1. The van der Waals surface area contributed by atoms with Gasteiger partial charge in [-0.1, -0.05) is 24.0 Å². The molecule has 8 heteroatoms. The number of nitrogens with zero attached hydrogens (tertiary/aromatic N) is 2. The van der Waals surface area contributed by atoms with Crippen molar-refractivity contribution in [2.24, 2.45) is 28.5 Å². The molecule has 0 radical (unpaired) electrons. The molecular weight excluding hydrogens is 431 g/mol. The predicted octanol–water partition coefficient (Wildman–Crippen LogP) is 4.05. The van der Waals surface area contributed by atoms with Crippen molar-refractivity contribution in [2.45, 2.75) is 44.3 Å². The molecular formula is C25H24F3N3O2. The smallest absolute Gasteiger partial charge is 0.387 e. The molecule has 0 spiro atoms. The van der Waals surface area contributed by atoms with Gasteiger partial charge < -0.3 is 10.5 Å². The third kappa shape index (κ3) is 3.90. The van der Waals surface area contributed by atoms with Gasteiger partial charge in [0.1, 0.15) is 11.6 Å². The summed E-state index contributed by atoms with van der Waals surface area (Å²) in [5.41, 5.74) is 5.97. The third-order valence-electron chi connectivity index (χ3n) is 6.65. The van der Waals surface area contributed by atoms with Crippen molar-refractivity contribution in [3.05, 3.63) is 58.6 Å². The molecule has 1 aromatic carbocycles. The average molecular weight is 455 g/mol. The molecule has 1 heterocycles. The Morgan fingerprint density at radius 1 is 1.27 bits per heavy atom. The fourth-order valence-corrected chi connectivity index (χ4v) is 4.53. The average Bonchev–Trinajstić information content (AvgIpc) is 3.69. The number of aliphatic imine (C=N–C) groups is 1. The molecule has 1 aromatic rings. The summed E-state index contributed by atoms with van der Waals surface area (Å²) >= 11 is 0. The highest BCUT2D eigenvalue weighted by Gasteiger charge is 2.53. The Balaban J connectivity index is 1.60. The molecule has 3 aliphatic carbocycles. The van der Waals surface area contributed by atoms with Crippen molar-refractivity contribution >= 4 is 11.9 Å². The number of nitrogens with two attached hydrogens (primary N) is 1. The normalized spacial score (nSPS) is 27.1. The molecule has 0 saturated heterocycles. The molecule has 4 aliphatic rings. The van der Waals surface area contributed by atoms with Gasteiger partial charge in [0, 0.05) is 18.9 Å². The van der Waals surface area contributed by atoms with Crippen molar-refractivity contribution in [1.29, 1.82) is 0 Å². The lowest BCUT2D eigenvalue weighted by Crippen LogP contribution is -2.45. The molecule has 33 heavy (non-hydrogen) atoms. The van der Waals surface area contributed by atoms with Crippen LogP contribution in [0.4, 0.5) is 13.2 Å². The van der Waals surface area contributed by atoms with E-state index in [1.807, 2.05) is 6.08 Å². The highest BCUT2D eigenvalue weighted by atomic mass is 19.3. The first-order valence-corrected chi connectivity index (χ1v) is 11.1. The van der Waals surface area contributed by atoms with Crippen molar-refractivity contribution in [3.63, 3.8) is 0 Å². The van der Waals surface area contributed by atoms with Crippen LogP contribution < -0.4 is 5.73 Å². The quantitative estimate of drug-likeness (QED) is 0.682. The fraction of sp³-hybridized carbons (Fsp3) is 0.440. The summed E-state index contributed by atoms with van der Waals surface area (Å²) in [5.74, 6) is 5.24. The topological polar surface area (TPSA) is 67.9 Å². The first-order chi connectivity index (χ1) is 15.8. The second-order valence-corrected chi connectivity index (χ2v) is 9.02. The van der Waals surface area contributed by atoms with E-state index in [1.54, 1.807) is 12.1 Å². The second-order valence-electron chi connectivity index (χ2n) is 9.02. The summed E-state index contributed by atoms with van der Waals surface area (Å²) in [6, 6.07) is 4.39. The van der Waals surface area contributed by atoms with Crippen LogP contribution in [-0.2, 0) is 15.1 Å². The molecule has 2 fully saturated rings. The number of halogens is 3. The first-order valence-electron chi connectivity index (χ1n) is 11.1. The lowest BCUT2D eigenvalue weighted by molar-refractivity contribution is -0.132. The maximum atomic E-state index is 14.5. The zero-order valence-corrected chi connectivity index (χ0v) is 18.2. The van der Waals surface area contributed by atoms with E-state index in [1.165, 1.54) is 24.1 Å². The molecule has 1 amide bonds. The molecule has 2 atom stereocenters. The van der Waals surface area contributed by atoms with E-state index in [0.29, 0.717) is 11.1 Å². The third-order valence-corrected chi connectivity index (χ3v) is 6.65. The van der Waals surface area contributed by atoms with Gasteiger partial charge in [0.25, 0.3) is 5.91 Å². The van der Waals surface area contributed by atoms with Crippen LogP contribution >= 0.6 is 0 Å². The van der Waals surface area contributed by atoms with E-state index in [9.17, 15) is 18.0 Å².